The van der Waals surface area contributed by atoms with Crippen LogP contribution < -0.4 is 4.74 Å². The van der Waals surface area contributed by atoms with Crippen molar-refractivity contribution in [2.24, 2.45) is 0 Å². The lowest BCUT2D eigenvalue weighted by molar-refractivity contribution is -0.384. The van der Waals surface area contributed by atoms with Crippen LogP contribution in [-0.4, -0.2) is 34.3 Å². The van der Waals surface area contributed by atoms with Gasteiger partial charge in [0.1, 0.15) is 16.8 Å². The van der Waals surface area contributed by atoms with Crippen LogP contribution in [0.4, 0.5) is 5.69 Å². The average molecular weight is 313 g/mol. The van der Waals surface area contributed by atoms with Crippen LogP contribution in [0.2, 0.25) is 5.02 Å². The summed E-state index contributed by atoms with van der Waals surface area (Å²) in [7, 11) is 0. The second-order valence-corrected chi connectivity index (χ2v) is 5.07. The van der Waals surface area contributed by atoms with E-state index in [0.717, 1.165) is 6.42 Å². The van der Waals surface area contributed by atoms with Crippen LogP contribution in [0.5, 0.6) is 5.75 Å². The van der Waals surface area contributed by atoms with Crippen LogP contribution in [0, 0.1) is 10.1 Å². The van der Waals surface area contributed by atoms with E-state index >= 15 is 0 Å². The molecule has 21 heavy (non-hydrogen) atoms. The Labute approximate surface area is 125 Å². The number of hydrogen-bond donors (Lipinski definition) is 0. The SMILES string of the molecule is CC(=O)N1CCC[C@H]1C(=O)Oc1ccc([N+](=O)[O-])c(Cl)c1. The zero-order chi connectivity index (χ0) is 15.6. The number of benzene rings is 1. The monoisotopic (exact) mass is 312 g/mol. The molecule has 0 radical (unpaired) electrons. The number of nitrogens with zero attached hydrogens (tertiary/aromatic N) is 2. The van der Waals surface area contributed by atoms with Crippen molar-refractivity contribution in [3.63, 3.8) is 0 Å². The molecule has 1 aliphatic rings. The first kappa shape index (κ1) is 15.2. The van der Waals surface area contributed by atoms with E-state index in [2.05, 4.69) is 0 Å². The van der Waals surface area contributed by atoms with E-state index in [1.807, 2.05) is 0 Å². The lowest BCUT2D eigenvalue weighted by Gasteiger charge is -2.21. The fourth-order valence-electron chi connectivity index (χ4n) is 2.27. The zero-order valence-corrected chi connectivity index (χ0v) is 12.0. The molecule has 1 aliphatic heterocycles. The lowest BCUT2D eigenvalue weighted by Crippen LogP contribution is -2.41. The lowest BCUT2D eigenvalue weighted by atomic mass is 10.2. The predicted octanol–water partition coefficient (Wildman–Crippen LogP) is 2.16. The van der Waals surface area contributed by atoms with Gasteiger partial charge < -0.3 is 9.64 Å². The van der Waals surface area contributed by atoms with Crippen molar-refractivity contribution in [2.45, 2.75) is 25.8 Å². The third-order valence-electron chi connectivity index (χ3n) is 3.26. The Morgan fingerprint density at radius 1 is 1.48 bits per heavy atom. The Kier molecular flexibility index (Phi) is 4.42. The van der Waals surface area contributed by atoms with Gasteiger partial charge in [-0.05, 0) is 18.9 Å². The average Bonchev–Trinajstić information content (AvgIpc) is 2.87. The predicted molar refractivity (Wildman–Crippen MR) is 74.2 cm³/mol. The first-order chi connectivity index (χ1) is 9.90. The van der Waals surface area contributed by atoms with E-state index in [1.54, 1.807) is 0 Å². The number of nitro groups is 1. The van der Waals surface area contributed by atoms with Crippen LogP contribution in [0.15, 0.2) is 18.2 Å². The number of carbonyl (C=O) groups is 2. The Bertz CT molecular complexity index is 604. The molecule has 1 aromatic carbocycles. The summed E-state index contributed by atoms with van der Waals surface area (Å²) < 4.78 is 5.15. The van der Waals surface area contributed by atoms with Crippen molar-refractivity contribution in [1.29, 1.82) is 0 Å². The van der Waals surface area contributed by atoms with E-state index in [9.17, 15) is 19.7 Å². The third kappa shape index (κ3) is 3.30. The number of likely N-dealkylation sites (tertiary alicyclic amines) is 1. The van der Waals surface area contributed by atoms with Crippen molar-refractivity contribution >= 4 is 29.2 Å². The van der Waals surface area contributed by atoms with E-state index in [1.165, 1.54) is 30.0 Å². The summed E-state index contributed by atoms with van der Waals surface area (Å²) in [5.74, 6) is -0.630. The second kappa shape index (κ2) is 6.09. The van der Waals surface area contributed by atoms with Gasteiger partial charge in [-0.25, -0.2) is 4.79 Å². The van der Waals surface area contributed by atoms with Crippen molar-refractivity contribution in [3.8, 4) is 5.75 Å². The van der Waals surface area contributed by atoms with Crippen molar-refractivity contribution in [1.82, 2.24) is 4.90 Å². The Balaban J connectivity index is 2.11. The quantitative estimate of drug-likeness (QED) is 0.369. The molecule has 1 heterocycles. The first-order valence-corrected chi connectivity index (χ1v) is 6.71. The maximum atomic E-state index is 12.1. The number of ether oxygens (including phenoxy) is 1. The zero-order valence-electron chi connectivity index (χ0n) is 11.2. The topological polar surface area (TPSA) is 89.8 Å². The number of rotatable bonds is 3. The van der Waals surface area contributed by atoms with Gasteiger partial charge in [-0.3, -0.25) is 14.9 Å². The van der Waals surface area contributed by atoms with E-state index in [-0.39, 0.29) is 22.4 Å². The number of esters is 1. The molecule has 0 aromatic heterocycles. The van der Waals surface area contributed by atoms with Crippen LogP contribution in [0.3, 0.4) is 0 Å². The minimum Gasteiger partial charge on any atom is -0.425 e. The minimum absolute atomic E-state index is 0.111. The summed E-state index contributed by atoms with van der Waals surface area (Å²) in [5.41, 5.74) is -0.261. The number of nitro benzene ring substituents is 1. The van der Waals surface area contributed by atoms with Gasteiger partial charge in [-0.2, -0.15) is 0 Å². The molecule has 0 aliphatic carbocycles. The van der Waals surface area contributed by atoms with Gasteiger partial charge >= 0.3 is 5.97 Å². The summed E-state index contributed by atoms with van der Waals surface area (Å²) in [6.45, 7) is 1.92. The largest absolute Gasteiger partial charge is 0.425 e. The summed E-state index contributed by atoms with van der Waals surface area (Å²) >= 11 is 5.75. The second-order valence-electron chi connectivity index (χ2n) is 4.66. The van der Waals surface area contributed by atoms with Gasteiger partial charge in [0, 0.05) is 25.6 Å². The molecule has 1 aromatic rings. The van der Waals surface area contributed by atoms with Crippen molar-refractivity contribution in [3.05, 3.63) is 33.3 Å². The standard InChI is InChI=1S/C13H13ClN2O5/c1-8(17)15-6-2-3-12(15)13(18)21-9-4-5-11(16(19)20)10(14)7-9/h4-5,7,12H,2-3,6H2,1H3/t12-/m0/s1. The van der Waals surface area contributed by atoms with Crippen LogP contribution in [0.25, 0.3) is 0 Å². The Hall–Kier alpha value is -2.15. The molecule has 1 atom stereocenters. The summed E-state index contributed by atoms with van der Waals surface area (Å²) in [4.78, 5) is 35.0. The van der Waals surface area contributed by atoms with Gasteiger partial charge in [0.25, 0.3) is 5.69 Å². The molecule has 1 amide bonds. The van der Waals surface area contributed by atoms with E-state index in [4.69, 9.17) is 16.3 Å². The Morgan fingerprint density at radius 3 is 2.76 bits per heavy atom. The van der Waals surface area contributed by atoms with Crippen molar-refractivity contribution < 1.29 is 19.2 Å². The highest BCUT2D eigenvalue weighted by molar-refractivity contribution is 6.32. The van der Waals surface area contributed by atoms with E-state index < -0.39 is 16.9 Å². The molecule has 1 fully saturated rings. The number of carbonyl (C=O) groups excluding carboxylic acids is 2. The fourth-order valence-corrected chi connectivity index (χ4v) is 2.51. The number of halogens is 1. The molecule has 0 saturated carbocycles. The molecule has 0 bridgehead atoms. The first-order valence-electron chi connectivity index (χ1n) is 6.33. The molecule has 8 heteroatoms. The maximum absolute atomic E-state index is 12.1. The highest BCUT2D eigenvalue weighted by Crippen LogP contribution is 2.29. The Morgan fingerprint density at radius 2 is 2.19 bits per heavy atom. The summed E-state index contributed by atoms with van der Waals surface area (Å²) in [6.07, 6.45) is 1.28. The van der Waals surface area contributed by atoms with Gasteiger partial charge in [0.05, 0.1) is 4.92 Å². The molecule has 7 nitrogen and oxygen atoms in total. The molecular weight excluding hydrogens is 300 g/mol. The third-order valence-corrected chi connectivity index (χ3v) is 3.57. The highest BCUT2D eigenvalue weighted by Gasteiger charge is 2.34. The molecule has 0 spiro atoms. The van der Waals surface area contributed by atoms with E-state index in [0.29, 0.717) is 13.0 Å². The molecule has 0 unspecified atom stereocenters. The fraction of sp³-hybridized carbons (Fsp3) is 0.385. The molecule has 2 rings (SSSR count). The molecule has 0 N–H and O–H groups in total. The smallest absolute Gasteiger partial charge is 0.334 e. The molecule has 1 saturated heterocycles. The maximum Gasteiger partial charge on any atom is 0.334 e. The summed E-state index contributed by atoms with van der Waals surface area (Å²) in [5, 5.41) is 10.5. The summed E-state index contributed by atoms with van der Waals surface area (Å²) in [6, 6.07) is 3.07. The minimum atomic E-state index is -0.623. The van der Waals surface area contributed by atoms with Crippen LogP contribution in [0.1, 0.15) is 19.8 Å². The molecular formula is C13H13ClN2O5. The molecule has 112 valence electrons. The van der Waals surface area contributed by atoms with Crippen LogP contribution in [-0.2, 0) is 9.59 Å². The van der Waals surface area contributed by atoms with Crippen LogP contribution >= 0.6 is 11.6 Å². The highest BCUT2D eigenvalue weighted by atomic mass is 35.5. The normalized spacial score (nSPS) is 17.6. The van der Waals surface area contributed by atoms with Gasteiger partial charge in [0.15, 0.2) is 0 Å². The number of amides is 1. The van der Waals surface area contributed by atoms with Crippen molar-refractivity contribution in [2.75, 3.05) is 6.54 Å². The number of hydrogen-bond acceptors (Lipinski definition) is 5. The van der Waals surface area contributed by atoms with Gasteiger partial charge in [0.2, 0.25) is 5.91 Å². The van der Waals surface area contributed by atoms with Gasteiger partial charge in [-0.15, -0.1) is 0 Å². The van der Waals surface area contributed by atoms with Gasteiger partial charge in [-0.1, -0.05) is 11.6 Å².